The lowest BCUT2D eigenvalue weighted by atomic mass is 9.89. The quantitative estimate of drug-likeness (QED) is 0.122. The highest BCUT2D eigenvalue weighted by molar-refractivity contribution is 9.11. The highest BCUT2D eigenvalue weighted by Crippen LogP contribution is 2.42. The third-order valence-corrected chi connectivity index (χ3v) is 16.1. The van der Waals surface area contributed by atoms with E-state index in [0.717, 1.165) is 17.9 Å². The number of halogens is 4. The summed E-state index contributed by atoms with van der Waals surface area (Å²) in [7, 11) is 0. The second-order valence-corrected chi connectivity index (χ2v) is 20.7. The molecule has 0 amide bonds. The first-order valence-electron chi connectivity index (χ1n) is 22.6. The molecule has 0 saturated carbocycles. The zero-order valence-electron chi connectivity index (χ0n) is 36.5. The van der Waals surface area contributed by atoms with E-state index in [1.807, 2.05) is 0 Å². The topological polar surface area (TPSA) is 0 Å². The fourth-order valence-corrected chi connectivity index (χ4v) is 11.9. The van der Waals surface area contributed by atoms with E-state index in [4.69, 9.17) is 0 Å². The van der Waals surface area contributed by atoms with Crippen molar-refractivity contribution in [2.24, 2.45) is 0 Å². The number of hydrogen-bond acceptors (Lipinski definition) is 0. The van der Waals surface area contributed by atoms with Gasteiger partial charge >= 0.3 is 0 Å². The van der Waals surface area contributed by atoms with Gasteiger partial charge in [0.1, 0.15) is 0 Å². The Labute approximate surface area is 427 Å². The summed E-state index contributed by atoms with van der Waals surface area (Å²) in [4.78, 5) is 0. The van der Waals surface area contributed by atoms with Crippen LogP contribution in [0.5, 0.6) is 0 Å². The van der Waals surface area contributed by atoms with Gasteiger partial charge in [-0.1, -0.05) is 270 Å². The van der Waals surface area contributed by atoms with E-state index >= 15 is 0 Å². The number of benzene rings is 14. The lowest BCUT2D eigenvalue weighted by Gasteiger charge is -2.14. The summed E-state index contributed by atoms with van der Waals surface area (Å²) in [5, 5.41) is 23.6. The molecule has 0 aromatic heterocycles. The van der Waals surface area contributed by atoms with Gasteiger partial charge in [-0.3, -0.25) is 0 Å². The average molecular weight is 1130 g/mol. The van der Waals surface area contributed by atoms with Crippen molar-refractivity contribution in [1.82, 2.24) is 0 Å². The molecular formula is C64H38Br4. The van der Waals surface area contributed by atoms with E-state index in [1.165, 1.54) is 119 Å². The van der Waals surface area contributed by atoms with Crippen molar-refractivity contribution < 1.29 is 0 Å². The van der Waals surface area contributed by atoms with E-state index in [-0.39, 0.29) is 0 Å². The minimum atomic E-state index is 1.16. The summed E-state index contributed by atoms with van der Waals surface area (Å²) in [5.41, 5.74) is 4.93. The standard InChI is InChI=1S/C32H22.2C16H8Br2/c1-3-7-23(8-4-1)11-13-25-15-17-27-20-22-30-26(14-12-24-9-5-2-6-10-24)16-18-28-19-21-29(25)31(27)32(28)30;17-13-8-4-10-2-6-12-14(18)7-3-9-1-5-11(13)16(10)15(9)12;17-13-7-3-9-1-2-10-4-8-14(18)12-6-5-11(13)15(9)16(10)12/h1-22H;2*1-8H/b13-11+,14-12+;;. The molecule has 0 unspecified atom stereocenters. The summed E-state index contributed by atoms with van der Waals surface area (Å²) >= 11 is 14.6. The molecule has 0 nitrogen and oxygen atoms in total. The summed E-state index contributed by atoms with van der Waals surface area (Å²) in [6.07, 6.45) is 8.86. The van der Waals surface area contributed by atoms with Gasteiger partial charge in [0.05, 0.1) is 0 Å². The Morgan fingerprint density at radius 1 is 0.206 bits per heavy atom. The third kappa shape index (κ3) is 7.65. The van der Waals surface area contributed by atoms with Crippen molar-refractivity contribution in [2.75, 3.05) is 0 Å². The molecule has 0 saturated heterocycles. The summed E-state index contributed by atoms with van der Waals surface area (Å²) in [6.45, 7) is 0. The molecule has 0 fully saturated rings. The average Bonchev–Trinajstić information content (AvgIpc) is 3.39. The molecule has 0 radical (unpaired) electrons. The molecule has 322 valence electrons. The lowest BCUT2D eigenvalue weighted by Crippen LogP contribution is -1.88. The van der Waals surface area contributed by atoms with Crippen LogP contribution in [-0.4, -0.2) is 0 Å². The molecule has 0 spiro atoms. The Bertz CT molecular complexity index is 3860. The molecule has 14 rings (SSSR count). The molecule has 0 aliphatic carbocycles. The van der Waals surface area contributed by atoms with Crippen LogP contribution in [0.1, 0.15) is 22.3 Å². The van der Waals surface area contributed by atoms with Crippen molar-refractivity contribution in [1.29, 1.82) is 0 Å². The summed E-state index contributed by atoms with van der Waals surface area (Å²) in [5.74, 6) is 0. The van der Waals surface area contributed by atoms with E-state index < -0.39 is 0 Å². The second-order valence-electron chi connectivity index (χ2n) is 17.3. The van der Waals surface area contributed by atoms with E-state index in [1.54, 1.807) is 0 Å². The Balaban J connectivity index is 0.000000114. The van der Waals surface area contributed by atoms with Crippen LogP contribution in [0.2, 0.25) is 0 Å². The normalized spacial score (nSPS) is 12.0. The molecule has 0 N–H and O–H groups in total. The first kappa shape index (κ1) is 42.9. The smallest absolute Gasteiger partial charge is 0.0254 e. The van der Waals surface area contributed by atoms with Crippen molar-refractivity contribution in [3.63, 3.8) is 0 Å². The van der Waals surface area contributed by atoms with E-state index in [2.05, 4.69) is 294 Å². The minimum absolute atomic E-state index is 1.16. The van der Waals surface area contributed by atoms with E-state index in [9.17, 15) is 0 Å². The van der Waals surface area contributed by atoms with Gasteiger partial charge in [-0.15, -0.1) is 0 Å². The molecule has 0 aliphatic heterocycles. The molecule has 0 heterocycles. The van der Waals surface area contributed by atoms with Crippen LogP contribution in [0, 0.1) is 0 Å². The highest BCUT2D eigenvalue weighted by Gasteiger charge is 2.14. The Morgan fingerprint density at radius 3 is 0.765 bits per heavy atom. The largest absolute Gasteiger partial charge is 0.0622 e. The predicted molar refractivity (Wildman–Crippen MR) is 312 cm³/mol. The lowest BCUT2D eigenvalue weighted by molar-refractivity contribution is 1.66. The van der Waals surface area contributed by atoms with Gasteiger partial charge in [0.2, 0.25) is 0 Å². The van der Waals surface area contributed by atoms with Crippen molar-refractivity contribution in [3.05, 3.63) is 246 Å². The zero-order chi connectivity index (χ0) is 45.9. The van der Waals surface area contributed by atoms with Crippen molar-refractivity contribution >= 4 is 185 Å². The summed E-state index contributed by atoms with van der Waals surface area (Å²) < 4.78 is 4.63. The highest BCUT2D eigenvalue weighted by atomic mass is 79.9. The monoisotopic (exact) mass is 1120 g/mol. The maximum Gasteiger partial charge on any atom is 0.0254 e. The zero-order valence-corrected chi connectivity index (χ0v) is 42.8. The second kappa shape index (κ2) is 17.9. The summed E-state index contributed by atoms with van der Waals surface area (Å²) in [6, 6.07) is 73.7. The molecule has 14 aromatic carbocycles. The van der Waals surface area contributed by atoms with Crippen LogP contribution in [0.4, 0.5) is 0 Å². The van der Waals surface area contributed by atoms with Crippen LogP contribution < -0.4 is 0 Å². The first-order valence-corrected chi connectivity index (χ1v) is 25.7. The third-order valence-electron chi connectivity index (χ3n) is 13.4. The predicted octanol–water partition coefficient (Wildman–Crippen LogP) is 21.1. The minimum Gasteiger partial charge on any atom is -0.0622 e. The number of hydrogen-bond donors (Lipinski definition) is 0. The van der Waals surface area contributed by atoms with Gasteiger partial charge in [-0.2, -0.15) is 0 Å². The fraction of sp³-hybridized carbons (Fsp3) is 0. The van der Waals surface area contributed by atoms with Gasteiger partial charge in [0, 0.05) is 17.9 Å². The SMILES string of the molecule is Brc1ccc2ccc3c(Br)ccc4ccc1c2c43.Brc1ccc2ccc3ccc(Br)c4ccc1c2c34.C(=C\c1ccc2ccc3c(/C=C/c4ccccc4)ccc4ccc1c2c43)/c1ccccc1. The van der Waals surface area contributed by atoms with Gasteiger partial charge < -0.3 is 0 Å². The molecule has 0 aliphatic rings. The van der Waals surface area contributed by atoms with Crippen LogP contribution in [0.25, 0.3) is 121 Å². The van der Waals surface area contributed by atoms with Crippen LogP contribution in [0.3, 0.4) is 0 Å². The molecular weight excluding hydrogens is 1090 g/mol. The van der Waals surface area contributed by atoms with Crippen LogP contribution >= 0.6 is 63.7 Å². The fourth-order valence-electron chi connectivity index (χ4n) is 10.1. The maximum atomic E-state index is 3.65. The molecule has 4 heteroatoms. The maximum absolute atomic E-state index is 3.65. The molecule has 68 heavy (non-hydrogen) atoms. The Kier molecular flexibility index (Phi) is 11.3. The van der Waals surface area contributed by atoms with Crippen LogP contribution in [0.15, 0.2) is 224 Å². The van der Waals surface area contributed by atoms with Gasteiger partial charge in [0.25, 0.3) is 0 Å². The number of rotatable bonds is 4. The Hall–Kier alpha value is -6.40. The molecule has 0 atom stereocenters. The molecule has 14 aromatic rings. The van der Waals surface area contributed by atoms with Crippen molar-refractivity contribution in [3.8, 4) is 0 Å². The van der Waals surface area contributed by atoms with Gasteiger partial charge in [-0.25, -0.2) is 0 Å². The van der Waals surface area contributed by atoms with Crippen molar-refractivity contribution in [2.45, 2.75) is 0 Å². The van der Waals surface area contributed by atoms with E-state index in [0.29, 0.717) is 0 Å². The van der Waals surface area contributed by atoms with Gasteiger partial charge in [-0.05, 0) is 143 Å². The Morgan fingerprint density at radius 2 is 0.441 bits per heavy atom. The molecule has 0 bridgehead atoms. The first-order chi connectivity index (χ1) is 33.4. The van der Waals surface area contributed by atoms with Crippen LogP contribution in [-0.2, 0) is 0 Å². The van der Waals surface area contributed by atoms with Gasteiger partial charge in [0.15, 0.2) is 0 Å².